The van der Waals surface area contributed by atoms with Crippen LogP contribution in [-0.2, 0) is 0 Å². The van der Waals surface area contributed by atoms with Gasteiger partial charge in [0.05, 0.1) is 28.4 Å². The number of para-hydroxylation sites is 3. The molecule has 4 rings (SSSR count). The topological polar surface area (TPSA) is 38.7 Å². The first kappa shape index (κ1) is 11.1. The molecule has 0 saturated heterocycles. The van der Waals surface area contributed by atoms with E-state index in [-0.39, 0.29) is 0 Å². The van der Waals surface area contributed by atoms with Crippen molar-refractivity contribution in [1.82, 2.24) is 15.0 Å². The first-order valence-corrected chi connectivity index (χ1v) is 6.48. The maximum atomic E-state index is 4.69. The van der Waals surface area contributed by atoms with E-state index in [0.29, 0.717) is 0 Å². The second-order valence-electron chi connectivity index (χ2n) is 4.62. The Hall–Kier alpha value is -2.81. The van der Waals surface area contributed by atoms with E-state index in [9.17, 15) is 0 Å². The first-order valence-electron chi connectivity index (χ1n) is 6.48. The van der Waals surface area contributed by atoms with Crippen molar-refractivity contribution < 1.29 is 0 Å². The molecule has 0 saturated carbocycles. The fourth-order valence-corrected chi connectivity index (χ4v) is 2.40. The van der Waals surface area contributed by atoms with Crippen LogP contribution in [0.3, 0.4) is 0 Å². The Labute approximate surface area is 116 Å². The molecule has 20 heavy (non-hydrogen) atoms. The second kappa shape index (κ2) is 4.38. The molecule has 0 aliphatic carbocycles. The van der Waals surface area contributed by atoms with Crippen LogP contribution in [0.25, 0.3) is 33.2 Å². The van der Waals surface area contributed by atoms with Crippen LogP contribution in [0.15, 0.2) is 67.0 Å². The van der Waals surface area contributed by atoms with Crippen molar-refractivity contribution in [2.24, 2.45) is 0 Å². The average molecular weight is 257 g/mol. The molecule has 3 heteroatoms. The van der Waals surface area contributed by atoms with E-state index < -0.39 is 0 Å². The lowest BCUT2D eigenvalue weighted by atomic mass is 10.1. The molecular formula is C17H11N3. The summed E-state index contributed by atoms with van der Waals surface area (Å²) in [7, 11) is 0. The summed E-state index contributed by atoms with van der Waals surface area (Å²) in [5.74, 6) is 0. The fourth-order valence-electron chi connectivity index (χ4n) is 2.40. The van der Waals surface area contributed by atoms with Gasteiger partial charge in [-0.3, -0.25) is 9.97 Å². The van der Waals surface area contributed by atoms with Gasteiger partial charge in [0.15, 0.2) is 0 Å². The van der Waals surface area contributed by atoms with Crippen LogP contribution in [0.5, 0.6) is 0 Å². The molecule has 3 nitrogen and oxygen atoms in total. The highest BCUT2D eigenvalue weighted by Gasteiger charge is 2.07. The number of pyridine rings is 1. The molecule has 2 heterocycles. The number of aromatic nitrogens is 3. The lowest BCUT2D eigenvalue weighted by Gasteiger charge is -2.05. The van der Waals surface area contributed by atoms with Gasteiger partial charge in [0.1, 0.15) is 0 Å². The molecule has 0 bridgehead atoms. The fraction of sp³-hybridized carbons (Fsp3) is 0. The predicted octanol–water partition coefficient (Wildman–Crippen LogP) is 3.85. The zero-order valence-electron chi connectivity index (χ0n) is 10.7. The lowest BCUT2D eigenvalue weighted by Crippen LogP contribution is -1.90. The summed E-state index contributed by atoms with van der Waals surface area (Å²) in [6.07, 6.45) is 3.62. The maximum absolute atomic E-state index is 4.69. The third-order valence-electron chi connectivity index (χ3n) is 3.36. The molecule has 0 spiro atoms. The summed E-state index contributed by atoms with van der Waals surface area (Å²) >= 11 is 0. The Kier molecular flexibility index (Phi) is 2.42. The normalized spacial score (nSPS) is 11.0. The Morgan fingerprint density at radius 3 is 2.50 bits per heavy atom. The molecule has 0 amide bonds. The SMILES string of the molecule is c1cnc2c(-c3cnc4ccccc4n3)cccc2c1. The number of benzene rings is 2. The van der Waals surface area contributed by atoms with E-state index >= 15 is 0 Å². The van der Waals surface area contributed by atoms with Crippen molar-refractivity contribution in [3.05, 3.63) is 67.0 Å². The quantitative estimate of drug-likeness (QED) is 0.520. The number of fused-ring (bicyclic) bond motifs is 2. The molecule has 94 valence electrons. The molecular weight excluding hydrogens is 246 g/mol. The van der Waals surface area contributed by atoms with Crippen molar-refractivity contribution in [3.63, 3.8) is 0 Å². The van der Waals surface area contributed by atoms with Gasteiger partial charge in [-0.05, 0) is 18.2 Å². The van der Waals surface area contributed by atoms with E-state index in [1.54, 1.807) is 6.20 Å². The molecule has 2 aromatic heterocycles. The maximum Gasteiger partial charge on any atom is 0.0914 e. The molecule has 0 aliphatic rings. The third-order valence-corrected chi connectivity index (χ3v) is 3.36. The minimum Gasteiger partial charge on any atom is -0.256 e. The molecule has 0 atom stereocenters. The summed E-state index contributed by atoms with van der Waals surface area (Å²) in [6.45, 7) is 0. The van der Waals surface area contributed by atoms with Crippen molar-refractivity contribution in [2.45, 2.75) is 0 Å². The van der Waals surface area contributed by atoms with E-state index in [1.807, 2.05) is 48.7 Å². The van der Waals surface area contributed by atoms with E-state index in [4.69, 9.17) is 4.98 Å². The minimum atomic E-state index is 0.855. The molecule has 0 aliphatic heterocycles. The van der Waals surface area contributed by atoms with Gasteiger partial charge >= 0.3 is 0 Å². The first-order chi connectivity index (χ1) is 9.92. The number of hydrogen-bond donors (Lipinski definition) is 0. The molecule has 0 unspecified atom stereocenters. The molecule has 0 fully saturated rings. The van der Waals surface area contributed by atoms with Gasteiger partial charge in [0, 0.05) is 17.1 Å². The minimum absolute atomic E-state index is 0.855. The van der Waals surface area contributed by atoms with Crippen molar-refractivity contribution in [2.75, 3.05) is 0 Å². The van der Waals surface area contributed by atoms with Gasteiger partial charge in [-0.15, -0.1) is 0 Å². The Balaban J connectivity index is 2.01. The smallest absolute Gasteiger partial charge is 0.0914 e. The Morgan fingerprint density at radius 2 is 1.55 bits per heavy atom. The number of hydrogen-bond acceptors (Lipinski definition) is 3. The zero-order valence-corrected chi connectivity index (χ0v) is 10.7. The van der Waals surface area contributed by atoms with E-state index in [2.05, 4.69) is 22.1 Å². The van der Waals surface area contributed by atoms with E-state index in [1.165, 1.54) is 0 Å². The third kappa shape index (κ3) is 1.72. The van der Waals surface area contributed by atoms with Crippen LogP contribution < -0.4 is 0 Å². The zero-order chi connectivity index (χ0) is 13.4. The van der Waals surface area contributed by atoms with Crippen LogP contribution in [-0.4, -0.2) is 15.0 Å². The van der Waals surface area contributed by atoms with Crippen molar-refractivity contribution in [3.8, 4) is 11.3 Å². The van der Waals surface area contributed by atoms with Crippen LogP contribution in [0, 0.1) is 0 Å². The van der Waals surface area contributed by atoms with Crippen LogP contribution in [0.1, 0.15) is 0 Å². The largest absolute Gasteiger partial charge is 0.256 e. The molecule has 0 radical (unpaired) electrons. The number of rotatable bonds is 1. The Morgan fingerprint density at radius 1 is 0.700 bits per heavy atom. The highest BCUT2D eigenvalue weighted by molar-refractivity contribution is 5.93. The highest BCUT2D eigenvalue weighted by Crippen LogP contribution is 2.26. The monoisotopic (exact) mass is 257 g/mol. The van der Waals surface area contributed by atoms with Gasteiger partial charge in [-0.25, -0.2) is 4.98 Å². The van der Waals surface area contributed by atoms with Crippen molar-refractivity contribution in [1.29, 1.82) is 0 Å². The van der Waals surface area contributed by atoms with Gasteiger partial charge in [0.2, 0.25) is 0 Å². The molecule has 2 aromatic carbocycles. The average Bonchev–Trinajstić information content (AvgIpc) is 2.54. The van der Waals surface area contributed by atoms with Gasteiger partial charge < -0.3 is 0 Å². The van der Waals surface area contributed by atoms with Gasteiger partial charge in [-0.2, -0.15) is 0 Å². The lowest BCUT2D eigenvalue weighted by molar-refractivity contribution is 1.29. The molecule has 4 aromatic rings. The summed E-state index contributed by atoms with van der Waals surface area (Å²) in [6, 6.07) is 18.0. The van der Waals surface area contributed by atoms with Gasteiger partial charge in [-0.1, -0.05) is 36.4 Å². The van der Waals surface area contributed by atoms with E-state index in [0.717, 1.165) is 33.2 Å². The Bertz CT molecular complexity index is 910. The van der Waals surface area contributed by atoms with Crippen molar-refractivity contribution >= 4 is 21.9 Å². The summed E-state index contributed by atoms with van der Waals surface area (Å²) in [5.41, 5.74) is 4.64. The predicted molar refractivity (Wildman–Crippen MR) is 80.3 cm³/mol. The van der Waals surface area contributed by atoms with Gasteiger partial charge in [0.25, 0.3) is 0 Å². The summed E-state index contributed by atoms with van der Waals surface area (Å²) in [4.78, 5) is 13.6. The number of nitrogens with zero attached hydrogens (tertiary/aromatic N) is 3. The van der Waals surface area contributed by atoms with Crippen LogP contribution in [0.4, 0.5) is 0 Å². The standard InChI is InChI=1S/C17H11N3/c1-2-9-15-14(8-1)19-11-16(20-15)13-7-3-5-12-6-4-10-18-17(12)13/h1-11H. The molecule has 0 N–H and O–H groups in total. The summed E-state index contributed by atoms with van der Waals surface area (Å²) in [5, 5.41) is 1.11. The second-order valence-corrected chi connectivity index (χ2v) is 4.62. The van der Waals surface area contributed by atoms with Crippen LogP contribution in [0.2, 0.25) is 0 Å². The highest BCUT2D eigenvalue weighted by atomic mass is 14.8. The summed E-state index contributed by atoms with van der Waals surface area (Å²) < 4.78 is 0. The van der Waals surface area contributed by atoms with Crippen LogP contribution >= 0.6 is 0 Å².